The Hall–Kier alpha value is -1.06. The van der Waals surface area contributed by atoms with Gasteiger partial charge in [0.15, 0.2) is 0 Å². The first kappa shape index (κ1) is 8.53. The number of amides is 3. The van der Waals surface area contributed by atoms with Crippen molar-refractivity contribution < 1.29 is 9.59 Å². The minimum absolute atomic E-state index is 0.00810. The Kier molecular flexibility index (Phi) is 1.78. The normalized spacial score (nSPS) is 26.7. The highest BCUT2D eigenvalue weighted by molar-refractivity contribution is 5.99. The molecule has 1 aliphatic carbocycles. The lowest BCUT2D eigenvalue weighted by Crippen LogP contribution is -2.58. The molecule has 1 N–H and O–H groups in total. The predicted molar refractivity (Wildman–Crippen MR) is 47.1 cm³/mol. The van der Waals surface area contributed by atoms with Crippen molar-refractivity contribution in [1.29, 1.82) is 0 Å². The van der Waals surface area contributed by atoms with Crippen LogP contribution in [0, 0.1) is 5.41 Å². The summed E-state index contributed by atoms with van der Waals surface area (Å²) < 4.78 is 0. The standard InChI is InChI=1S/C9H14N2O2/c1-11-7(12)9(4-2-3-5-9)6-10-8(11)13/h2-6H2,1H3,(H,10,13). The molecule has 0 aromatic carbocycles. The first-order valence-electron chi connectivity index (χ1n) is 4.72. The van der Waals surface area contributed by atoms with Crippen LogP contribution in [0.2, 0.25) is 0 Å². The van der Waals surface area contributed by atoms with Crippen LogP contribution in [0.5, 0.6) is 0 Å². The Balaban J connectivity index is 2.22. The number of nitrogens with zero attached hydrogens (tertiary/aromatic N) is 1. The molecule has 1 heterocycles. The van der Waals surface area contributed by atoms with Gasteiger partial charge in [0.2, 0.25) is 5.91 Å². The van der Waals surface area contributed by atoms with E-state index in [1.165, 1.54) is 4.90 Å². The number of hydrogen-bond acceptors (Lipinski definition) is 2. The maximum atomic E-state index is 11.8. The van der Waals surface area contributed by atoms with Crippen molar-refractivity contribution in [2.24, 2.45) is 5.41 Å². The fraction of sp³-hybridized carbons (Fsp3) is 0.778. The minimum Gasteiger partial charge on any atom is -0.337 e. The van der Waals surface area contributed by atoms with Crippen LogP contribution < -0.4 is 5.32 Å². The average molecular weight is 182 g/mol. The molecule has 13 heavy (non-hydrogen) atoms. The largest absolute Gasteiger partial charge is 0.337 e. The fourth-order valence-electron chi connectivity index (χ4n) is 2.33. The van der Waals surface area contributed by atoms with Crippen molar-refractivity contribution >= 4 is 11.9 Å². The second kappa shape index (κ2) is 2.72. The molecule has 0 unspecified atom stereocenters. The molecule has 0 aromatic heterocycles. The molecule has 4 nitrogen and oxygen atoms in total. The van der Waals surface area contributed by atoms with Crippen molar-refractivity contribution in [1.82, 2.24) is 10.2 Å². The first-order chi connectivity index (χ1) is 6.16. The van der Waals surface area contributed by atoms with Gasteiger partial charge in [-0.1, -0.05) is 12.8 Å². The Morgan fingerprint density at radius 1 is 1.31 bits per heavy atom. The molecular weight excluding hydrogens is 168 g/mol. The Bertz CT molecular complexity index is 256. The third-order valence-electron chi connectivity index (χ3n) is 3.20. The summed E-state index contributed by atoms with van der Waals surface area (Å²) >= 11 is 0. The number of rotatable bonds is 0. The number of carbonyl (C=O) groups is 2. The fourth-order valence-corrected chi connectivity index (χ4v) is 2.33. The summed E-state index contributed by atoms with van der Waals surface area (Å²) in [6, 6.07) is -0.262. The average Bonchev–Trinajstić information content (AvgIpc) is 2.59. The van der Waals surface area contributed by atoms with E-state index in [9.17, 15) is 9.59 Å². The van der Waals surface area contributed by atoms with Crippen molar-refractivity contribution in [2.45, 2.75) is 25.7 Å². The smallest absolute Gasteiger partial charge is 0.323 e. The topological polar surface area (TPSA) is 49.4 Å². The second-order valence-electron chi connectivity index (χ2n) is 4.01. The van der Waals surface area contributed by atoms with Crippen LogP contribution in [0.4, 0.5) is 4.79 Å². The maximum absolute atomic E-state index is 11.8. The van der Waals surface area contributed by atoms with E-state index in [0.717, 1.165) is 25.7 Å². The van der Waals surface area contributed by atoms with Crippen LogP contribution in [0.15, 0.2) is 0 Å². The molecule has 1 aliphatic heterocycles. The summed E-state index contributed by atoms with van der Waals surface area (Å²) in [6.45, 7) is 0.537. The van der Waals surface area contributed by atoms with E-state index in [0.29, 0.717) is 6.54 Å². The van der Waals surface area contributed by atoms with Gasteiger partial charge in [0, 0.05) is 13.6 Å². The lowest BCUT2D eigenvalue weighted by Gasteiger charge is -2.36. The quantitative estimate of drug-likeness (QED) is 0.600. The third-order valence-corrected chi connectivity index (χ3v) is 3.20. The van der Waals surface area contributed by atoms with Crippen LogP contribution in [-0.4, -0.2) is 30.4 Å². The van der Waals surface area contributed by atoms with Gasteiger partial charge in [-0.3, -0.25) is 9.69 Å². The SMILES string of the molecule is CN1C(=O)NCC2(CCCC2)C1=O. The van der Waals surface area contributed by atoms with E-state index in [1.54, 1.807) is 7.05 Å². The summed E-state index contributed by atoms with van der Waals surface area (Å²) in [5, 5.41) is 2.76. The van der Waals surface area contributed by atoms with E-state index >= 15 is 0 Å². The monoisotopic (exact) mass is 182 g/mol. The molecule has 1 saturated carbocycles. The summed E-state index contributed by atoms with van der Waals surface area (Å²) in [5.74, 6) is 0.00810. The molecule has 2 fully saturated rings. The van der Waals surface area contributed by atoms with E-state index in [-0.39, 0.29) is 17.4 Å². The third kappa shape index (κ3) is 1.12. The van der Waals surface area contributed by atoms with E-state index in [2.05, 4.69) is 5.32 Å². The summed E-state index contributed by atoms with van der Waals surface area (Å²) in [5.41, 5.74) is -0.261. The van der Waals surface area contributed by atoms with Gasteiger partial charge in [-0.15, -0.1) is 0 Å². The van der Waals surface area contributed by atoms with Gasteiger partial charge < -0.3 is 5.32 Å². The van der Waals surface area contributed by atoms with E-state index < -0.39 is 0 Å². The van der Waals surface area contributed by atoms with Crippen LogP contribution in [0.1, 0.15) is 25.7 Å². The van der Waals surface area contributed by atoms with Crippen molar-refractivity contribution in [2.75, 3.05) is 13.6 Å². The van der Waals surface area contributed by atoms with Crippen LogP contribution >= 0.6 is 0 Å². The van der Waals surface area contributed by atoms with Gasteiger partial charge in [-0.25, -0.2) is 4.79 Å². The Morgan fingerprint density at radius 2 is 1.92 bits per heavy atom. The number of imide groups is 1. The minimum atomic E-state index is -0.262. The lowest BCUT2D eigenvalue weighted by atomic mass is 9.83. The number of urea groups is 1. The van der Waals surface area contributed by atoms with Gasteiger partial charge in [-0.05, 0) is 12.8 Å². The first-order valence-corrected chi connectivity index (χ1v) is 4.72. The van der Waals surface area contributed by atoms with Crippen LogP contribution in [0.25, 0.3) is 0 Å². The van der Waals surface area contributed by atoms with Gasteiger partial charge in [0.05, 0.1) is 5.41 Å². The maximum Gasteiger partial charge on any atom is 0.323 e. The molecule has 2 rings (SSSR count). The van der Waals surface area contributed by atoms with E-state index in [1.807, 2.05) is 0 Å². The molecular formula is C9H14N2O2. The Labute approximate surface area is 77.3 Å². The summed E-state index contributed by atoms with van der Waals surface area (Å²) in [4.78, 5) is 24.2. The molecule has 1 spiro atoms. The summed E-state index contributed by atoms with van der Waals surface area (Å²) in [6.07, 6.45) is 4.07. The zero-order valence-corrected chi connectivity index (χ0v) is 7.80. The van der Waals surface area contributed by atoms with Crippen molar-refractivity contribution in [3.8, 4) is 0 Å². The Morgan fingerprint density at radius 3 is 2.54 bits per heavy atom. The highest BCUT2D eigenvalue weighted by Crippen LogP contribution is 2.40. The summed E-state index contributed by atoms with van der Waals surface area (Å²) in [7, 11) is 1.55. The zero-order valence-electron chi connectivity index (χ0n) is 7.80. The molecule has 3 amide bonds. The van der Waals surface area contributed by atoms with Gasteiger partial charge in [0.1, 0.15) is 0 Å². The predicted octanol–water partition coefficient (Wildman–Crippen LogP) is 0.728. The van der Waals surface area contributed by atoms with Crippen molar-refractivity contribution in [3.63, 3.8) is 0 Å². The molecule has 0 atom stereocenters. The number of nitrogens with one attached hydrogen (secondary N) is 1. The zero-order chi connectivity index (χ0) is 9.47. The van der Waals surface area contributed by atoms with E-state index in [4.69, 9.17) is 0 Å². The van der Waals surface area contributed by atoms with Crippen LogP contribution in [-0.2, 0) is 4.79 Å². The highest BCUT2D eigenvalue weighted by atomic mass is 16.2. The second-order valence-corrected chi connectivity index (χ2v) is 4.01. The highest BCUT2D eigenvalue weighted by Gasteiger charge is 2.47. The number of hydrogen-bond donors (Lipinski definition) is 1. The molecule has 1 saturated heterocycles. The molecule has 0 aromatic rings. The molecule has 72 valence electrons. The lowest BCUT2D eigenvalue weighted by molar-refractivity contribution is -0.139. The molecule has 4 heteroatoms. The molecule has 2 aliphatic rings. The molecule has 0 bridgehead atoms. The number of carbonyl (C=O) groups excluding carboxylic acids is 2. The van der Waals surface area contributed by atoms with Gasteiger partial charge >= 0.3 is 6.03 Å². The van der Waals surface area contributed by atoms with Gasteiger partial charge in [0.25, 0.3) is 0 Å². The molecule has 0 radical (unpaired) electrons. The van der Waals surface area contributed by atoms with Crippen molar-refractivity contribution in [3.05, 3.63) is 0 Å². The van der Waals surface area contributed by atoms with Crippen LogP contribution in [0.3, 0.4) is 0 Å². The van der Waals surface area contributed by atoms with Gasteiger partial charge in [-0.2, -0.15) is 0 Å².